The fraction of sp³-hybridized carbons (Fsp3) is 1.00. The molecular weight excluding hydrogens is 140 g/mol. The molecule has 0 radical (unpaired) electrons. The van der Waals surface area contributed by atoms with Crippen molar-refractivity contribution in [2.24, 2.45) is 0 Å². The molecule has 0 unspecified atom stereocenters. The molecule has 0 saturated heterocycles. The van der Waals surface area contributed by atoms with Crippen LogP contribution in [0.2, 0.25) is 0 Å². The van der Waals surface area contributed by atoms with E-state index in [0.29, 0.717) is 0 Å². The molecule has 0 bridgehead atoms. The first kappa shape index (κ1) is 10.3. The third kappa shape index (κ3) is 6.47. The Hall–Kier alpha value is 0.350. The summed E-state index contributed by atoms with van der Waals surface area (Å²) in [6, 6.07) is 0. The maximum Gasteiger partial charge on any atom is 0.00159 e. The van der Waals surface area contributed by atoms with Crippen molar-refractivity contribution in [3.8, 4) is 0 Å². The predicted octanol–water partition coefficient (Wildman–Crippen LogP) is 3.71. The Morgan fingerprint density at radius 2 is 1.90 bits per heavy atom. The first-order valence-electron chi connectivity index (χ1n) is 4.34. The highest BCUT2D eigenvalue weighted by Gasteiger charge is 1.96. The fourth-order valence-corrected chi connectivity index (χ4v) is 1.38. The fourth-order valence-electron chi connectivity index (χ4n) is 0.976. The molecule has 10 heavy (non-hydrogen) atoms. The minimum absolute atomic E-state index is 0.872. The summed E-state index contributed by atoms with van der Waals surface area (Å²) in [5.41, 5.74) is 0. The van der Waals surface area contributed by atoms with Crippen LogP contribution in [-0.2, 0) is 0 Å². The van der Waals surface area contributed by atoms with E-state index >= 15 is 0 Å². The molecule has 0 fully saturated rings. The molecule has 0 aliphatic heterocycles. The second-order valence-electron chi connectivity index (χ2n) is 2.90. The van der Waals surface area contributed by atoms with E-state index in [0.717, 1.165) is 5.25 Å². The van der Waals surface area contributed by atoms with Gasteiger partial charge in [-0.05, 0) is 12.7 Å². The molecule has 0 heterocycles. The Bertz CT molecular complexity index is 61.7. The van der Waals surface area contributed by atoms with E-state index in [9.17, 15) is 0 Å². The van der Waals surface area contributed by atoms with Gasteiger partial charge in [0.1, 0.15) is 0 Å². The standard InChI is InChI=1S/C9H20S/c1-4-5-6-7-8-9(2)10-3/h9H,4-8H2,1-3H3/t9-/m0/s1. The Morgan fingerprint density at radius 1 is 1.20 bits per heavy atom. The smallest absolute Gasteiger partial charge is 0.00159 e. The van der Waals surface area contributed by atoms with Gasteiger partial charge in [0, 0.05) is 5.25 Å². The van der Waals surface area contributed by atoms with Crippen molar-refractivity contribution in [1.29, 1.82) is 0 Å². The van der Waals surface area contributed by atoms with E-state index < -0.39 is 0 Å². The van der Waals surface area contributed by atoms with E-state index in [2.05, 4.69) is 20.1 Å². The van der Waals surface area contributed by atoms with Crippen molar-refractivity contribution in [3.63, 3.8) is 0 Å². The van der Waals surface area contributed by atoms with Crippen molar-refractivity contribution in [2.75, 3.05) is 6.26 Å². The van der Waals surface area contributed by atoms with Crippen molar-refractivity contribution in [2.45, 2.75) is 51.2 Å². The van der Waals surface area contributed by atoms with Crippen molar-refractivity contribution < 1.29 is 0 Å². The van der Waals surface area contributed by atoms with Crippen LogP contribution in [0.25, 0.3) is 0 Å². The van der Waals surface area contributed by atoms with Crippen LogP contribution in [0.1, 0.15) is 46.0 Å². The summed E-state index contributed by atoms with van der Waals surface area (Å²) in [6.07, 6.45) is 9.23. The summed E-state index contributed by atoms with van der Waals surface area (Å²) in [6.45, 7) is 4.58. The van der Waals surface area contributed by atoms with Crippen LogP contribution in [-0.4, -0.2) is 11.5 Å². The lowest BCUT2D eigenvalue weighted by atomic mass is 10.1. The summed E-state index contributed by atoms with van der Waals surface area (Å²) in [5.74, 6) is 0. The highest BCUT2D eigenvalue weighted by molar-refractivity contribution is 7.99. The summed E-state index contributed by atoms with van der Waals surface area (Å²) >= 11 is 1.98. The minimum atomic E-state index is 0.872. The first-order valence-corrected chi connectivity index (χ1v) is 5.62. The molecule has 0 aromatic heterocycles. The third-order valence-corrected chi connectivity index (χ3v) is 2.91. The number of hydrogen-bond donors (Lipinski definition) is 0. The molecule has 0 aliphatic carbocycles. The zero-order valence-electron chi connectivity index (χ0n) is 7.52. The van der Waals surface area contributed by atoms with E-state index in [1.54, 1.807) is 0 Å². The van der Waals surface area contributed by atoms with E-state index in [1.165, 1.54) is 32.1 Å². The molecule has 0 saturated carbocycles. The molecule has 1 atom stereocenters. The van der Waals surface area contributed by atoms with E-state index in [1.807, 2.05) is 11.8 Å². The minimum Gasteiger partial charge on any atom is -0.162 e. The van der Waals surface area contributed by atoms with Gasteiger partial charge in [-0.25, -0.2) is 0 Å². The summed E-state index contributed by atoms with van der Waals surface area (Å²) < 4.78 is 0. The molecule has 0 aliphatic rings. The van der Waals surface area contributed by atoms with Gasteiger partial charge in [-0.3, -0.25) is 0 Å². The van der Waals surface area contributed by atoms with Gasteiger partial charge in [0.05, 0.1) is 0 Å². The number of hydrogen-bond acceptors (Lipinski definition) is 1. The molecular formula is C9H20S. The van der Waals surface area contributed by atoms with Crippen LogP contribution in [0.15, 0.2) is 0 Å². The highest BCUT2D eigenvalue weighted by atomic mass is 32.2. The van der Waals surface area contributed by atoms with Crippen LogP contribution in [0.3, 0.4) is 0 Å². The second kappa shape index (κ2) is 7.46. The Balaban J connectivity index is 2.89. The maximum absolute atomic E-state index is 2.32. The van der Waals surface area contributed by atoms with Crippen LogP contribution < -0.4 is 0 Å². The van der Waals surface area contributed by atoms with Gasteiger partial charge in [0.2, 0.25) is 0 Å². The van der Waals surface area contributed by atoms with E-state index in [4.69, 9.17) is 0 Å². The first-order chi connectivity index (χ1) is 4.81. The van der Waals surface area contributed by atoms with Gasteiger partial charge in [-0.15, -0.1) is 0 Å². The molecule has 0 rings (SSSR count). The van der Waals surface area contributed by atoms with Crippen LogP contribution >= 0.6 is 11.8 Å². The molecule has 1 heteroatoms. The quantitative estimate of drug-likeness (QED) is 0.534. The summed E-state index contributed by atoms with van der Waals surface area (Å²) in [7, 11) is 0. The van der Waals surface area contributed by atoms with Gasteiger partial charge in [-0.2, -0.15) is 11.8 Å². The predicted molar refractivity (Wildman–Crippen MR) is 51.7 cm³/mol. The molecule has 0 N–H and O–H groups in total. The number of thioether (sulfide) groups is 1. The molecule has 0 aromatic carbocycles. The largest absolute Gasteiger partial charge is 0.162 e. The van der Waals surface area contributed by atoms with Crippen molar-refractivity contribution in [3.05, 3.63) is 0 Å². The lowest BCUT2D eigenvalue weighted by Crippen LogP contribution is -1.93. The van der Waals surface area contributed by atoms with Crippen molar-refractivity contribution >= 4 is 11.8 Å². The van der Waals surface area contributed by atoms with Crippen molar-refractivity contribution in [1.82, 2.24) is 0 Å². The van der Waals surface area contributed by atoms with Gasteiger partial charge < -0.3 is 0 Å². The van der Waals surface area contributed by atoms with Gasteiger partial charge in [0.15, 0.2) is 0 Å². The summed E-state index contributed by atoms with van der Waals surface area (Å²) in [4.78, 5) is 0. The maximum atomic E-state index is 2.32. The lowest BCUT2D eigenvalue weighted by molar-refractivity contribution is 0.631. The second-order valence-corrected chi connectivity index (χ2v) is 4.17. The van der Waals surface area contributed by atoms with Gasteiger partial charge in [0.25, 0.3) is 0 Å². The van der Waals surface area contributed by atoms with Gasteiger partial charge >= 0.3 is 0 Å². The molecule has 62 valence electrons. The monoisotopic (exact) mass is 160 g/mol. The Kier molecular flexibility index (Phi) is 7.72. The normalized spacial score (nSPS) is 13.5. The molecule has 0 amide bonds. The van der Waals surface area contributed by atoms with E-state index in [-0.39, 0.29) is 0 Å². The SMILES string of the molecule is CCCCCC[C@H](C)SC. The summed E-state index contributed by atoms with van der Waals surface area (Å²) in [5, 5.41) is 0.872. The third-order valence-electron chi connectivity index (χ3n) is 1.87. The van der Waals surface area contributed by atoms with Crippen LogP contribution in [0.5, 0.6) is 0 Å². The molecule has 0 spiro atoms. The number of unbranched alkanes of at least 4 members (excludes halogenated alkanes) is 3. The van der Waals surface area contributed by atoms with Crippen LogP contribution in [0.4, 0.5) is 0 Å². The Labute approximate surface area is 69.8 Å². The van der Waals surface area contributed by atoms with Crippen LogP contribution in [0, 0.1) is 0 Å². The molecule has 0 aromatic rings. The highest BCUT2D eigenvalue weighted by Crippen LogP contribution is 2.14. The Morgan fingerprint density at radius 3 is 2.40 bits per heavy atom. The van der Waals surface area contributed by atoms with Gasteiger partial charge in [-0.1, -0.05) is 39.5 Å². The lowest BCUT2D eigenvalue weighted by Gasteiger charge is -2.05. The average Bonchev–Trinajstić information content (AvgIpc) is 1.98. The molecule has 0 nitrogen and oxygen atoms in total. The number of rotatable bonds is 6. The zero-order chi connectivity index (χ0) is 7.82. The zero-order valence-corrected chi connectivity index (χ0v) is 8.34. The topological polar surface area (TPSA) is 0 Å². The average molecular weight is 160 g/mol.